The van der Waals surface area contributed by atoms with Gasteiger partial charge in [-0.15, -0.1) is 0 Å². The first-order valence-corrected chi connectivity index (χ1v) is 17.8. The summed E-state index contributed by atoms with van der Waals surface area (Å²) in [5, 5.41) is 45.2. The lowest BCUT2D eigenvalue weighted by Gasteiger charge is -2.40. The van der Waals surface area contributed by atoms with Crippen molar-refractivity contribution in [2.24, 2.45) is 17.6 Å². The molecule has 2 saturated heterocycles. The summed E-state index contributed by atoms with van der Waals surface area (Å²) in [4.78, 5) is 44.3. The minimum Gasteiger partial charge on any atom is -0.393 e. The monoisotopic (exact) mass is 716 g/mol. The number of aliphatic hydroxyl groups is 3. The maximum Gasteiger partial charge on any atom is 0.446 e. The molecule has 1 saturated carbocycles. The Kier molecular flexibility index (Phi) is 12.2. The molecule has 3 aliphatic rings. The maximum atomic E-state index is 14.4. The summed E-state index contributed by atoms with van der Waals surface area (Å²) in [5.74, 6) is -3.05. The van der Waals surface area contributed by atoms with Crippen LogP contribution in [0.4, 0.5) is 0 Å². The van der Waals surface area contributed by atoms with Gasteiger partial charge in [-0.05, 0) is 68.1 Å². The highest BCUT2D eigenvalue weighted by atomic mass is 35.5. The number of fused-ring (bicyclic) bond motifs is 1. The molecule has 2 aliphatic heterocycles. The van der Waals surface area contributed by atoms with Crippen LogP contribution in [0.2, 0.25) is 5.02 Å². The standard InChI is InChI=1S/C30H45ClN6O10S/c1-3-15(2)25(35-27(41)23(39)12-16-6-9-24(19(31)11-16)47-48(44,45)46)29(43)37-21-14-18(38)8-7-17(21)13-22(37)26(40)34-20-5-4-10-36(28(20)42)30(32)33/h6,9,11,15,17-18,20-23,25,28,38-39,42H,3-5,7-8,10,12-14H2,1-2H3,(H3,32,33)(H,34,40)(H,35,41)(H,44,45,46)/t15-,17+,18-,20?,21?,22+,23-,25-,28?/m1/s1. The molecule has 0 bridgehead atoms. The Hall–Kier alpha value is -3.22. The zero-order chi connectivity index (χ0) is 35.5. The molecule has 16 nitrogen and oxygen atoms in total. The van der Waals surface area contributed by atoms with E-state index in [1.165, 1.54) is 21.9 Å². The summed E-state index contributed by atoms with van der Waals surface area (Å²) < 4.78 is 35.3. The van der Waals surface area contributed by atoms with Crippen LogP contribution in [0.3, 0.4) is 0 Å². The van der Waals surface area contributed by atoms with Gasteiger partial charge >= 0.3 is 10.4 Å². The number of halogens is 1. The van der Waals surface area contributed by atoms with E-state index in [4.69, 9.17) is 27.3 Å². The Morgan fingerprint density at radius 3 is 2.52 bits per heavy atom. The molecule has 3 fully saturated rings. The Labute approximate surface area is 284 Å². The number of hydrogen-bond acceptors (Lipinski definition) is 10. The number of likely N-dealkylation sites (tertiary alicyclic amines) is 2. The van der Waals surface area contributed by atoms with Gasteiger partial charge in [0.2, 0.25) is 17.7 Å². The minimum absolute atomic E-state index is 0.0745. The number of piperidine rings is 1. The van der Waals surface area contributed by atoms with Gasteiger partial charge in [0.1, 0.15) is 24.4 Å². The fourth-order valence-electron chi connectivity index (χ4n) is 6.92. The molecule has 18 heteroatoms. The normalized spacial score (nSPS) is 27.7. The van der Waals surface area contributed by atoms with Crippen molar-refractivity contribution in [1.29, 1.82) is 5.41 Å². The van der Waals surface area contributed by atoms with Crippen molar-refractivity contribution in [3.8, 4) is 5.75 Å². The van der Waals surface area contributed by atoms with E-state index in [1.807, 2.05) is 6.92 Å². The first-order chi connectivity index (χ1) is 22.5. The molecule has 0 aromatic heterocycles. The molecule has 9 N–H and O–H groups in total. The summed E-state index contributed by atoms with van der Waals surface area (Å²) in [6.45, 7) is 3.95. The number of amides is 3. The van der Waals surface area contributed by atoms with Gasteiger partial charge in [-0.25, -0.2) is 0 Å². The number of hydrogen-bond donors (Lipinski definition) is 8. The highest BCUT2D eigenvalue weighted by Crippen LogP contribution is 2.41. The summed E-state index contributed by atoms with van der Waals surface area (Å²) in [6.07, 6.45) is -0.609. The van der Waals surface area contributed by atoms with Crippen LogP contribution in [-0.2, 0) is 31.2 Å². The zero-order valence-electron chi connectivity index (χ0n) is 26.8. The number of aliphatic hydroxyl groups excluding tert-OH is 3. The van der Waals surface area contributed by atoms with Crippen LogP contribution in [0.15, 0.2) is 18.2 Å². The van der Waals surface area contributed by atoms with Crippen molar-refractivity contribution < 1.29 is 46.9 Å². The Balaban J connectivity index is 1.53. The molecule has 4 rings (SSSR count). The number of nitrogens with zero attached hydrogens (tertiary/aromatic N) is 2. The Morgan fingerprint density at radius 1 is 1.19 bits per heavy atom. The first-order valence-electron chi connectivity index (χ1n) is 16.0. The fraction of sp³-hybridized carbons (Fsp3) is 0.667. The second-order valence-electron chi connectivity index (χ2n) is 12.9. The average Bonchev–Trinajstić information content (AvgIpc) is 3.39. The van der Waals surface area contributed by atoms with Crippen molar-refractivity contribution in [1.82, 2.24) is 20.4 Å². The predicted molar refractivity (Wildman–Crippen MR) is 173 cm³/mol. The molecular weight excluding hydrogens is 672 g/mol. The van der Waals surface area contributed by atoms with Gasteiger partial charge in [-0.3, -0.25) is 24.3 Å². The van der Waals surface area contributed by atoms with Crippen molar-refractivity contribution in [3.05, 3.63) is 28.8 Å². The van der Waals surface area contributed by atoms with Gasteiger partial charge in [0.25, 0.3) is 0 Å². The molecule has 3 unspecified atom stereocenters. The largest absolute Gasteiger partial charge is 0.446 e. The lowest BCUT2D eigenvalue weighted by Crippen LogP contribution is -2.62. The van der Waals surface area contributed by atoms with E-state index in [9.17, 15) is 38.1 Å². The van der Waals surface area contributed by atoms with E-state index in [0.717, 1.165) is 6.07 Å². The SMILES string of the molecule is CC[C@@H](C)[C@@H](NC(=O)[C@H](O)Cc1ccc(OS(=O)(=O)O)c(Cl)c1)C(=O)N1C2C[C@H](O)CC[C@H]2C[C@H]1C(=O)NC1CCCN(C(=N)N)C1O. The van der Waals surface area contributed by atoms with Gasteiger partial charge in [0.05, 0.1) is 17.2 Å². The van der Waals surface area contributed by atoms with Crippen LogP contribution in [0, 0.1) is 17.2 Å². The van der Waals surface area contributed by atoms with E-state index in [0.29, 0.717) is 50.6 Å². The molecule has 1 aromatic rings. The molecule has 3 amide bonds. The number of carbonyl (C=O) groups is 3. The number of rotatable bonds is 11. The smallest absolute Gasteiger partial charge is 0.393 e. The van der Waals surface area contributed by atoms with Crippen LogP contribution in [-0.4, -0.2) is 111 Å². The van der Waals surface area contributed by atoms with Gasteiger partial charge in [-0.1, -0.05) is 37.9 Å². The van der Waals surface area contributed by atoms with Crippen LogP contribution in [0.5, 0.6) is 5.75 Å². The number of nitrogens with two attached hydrogens (primary N) is 1. The van der Waals surface area contributed by atoms with Gasteiger partial charge in [0, 0.05) is 19.0 Å². The molecule has 0 radical (unpaired) electrons. The van der Waals surface area contributed by atoms with E-state index < -0.39 is 76.6 Å². The van der Waals surface area contributed by atoms with Crippen LogP contribution in [0.1, 0.15) is 64.4 Å². The molecule has 9 atom stereocenters. The van der Waals surface area contributed by atoms with Crippen LogP contribution >= 0.6 is 11.6 Å². The third-order valence-corrected chi connectivity index (χ3v) is 10.3. The summed E-state index contributed by atoms with van der Waals surface area (Å²) >= 11 is 6.04. The lowest BCUT2D eigenvalue weighted by molar-refractivity contribution is -0.147. The van der Waals surface area contributed by atoms with Crippen LogP contribution in [0.25, 0.3) is 0 Å². The second-order valence-corrected chi connectivity index (χ2v) is 14.3. The molecule has 0 spiro atoms. The molecule has 1 aliphatic carbocycles. The summed E-state index contributed by atoms with van der Waals surface area (Å²) in [7, 11) is -4.82. The second kappa shape index (κ2) is 15.6. The highest BCUT2D eigenvalue weighted by Gasteiger charge is 2.51. The van der Waals surface area contributed by atoms with E-state index in [1.54, 1.807) is 6.92 Å². The van der Waals surface area contributed by atoms with E-state index >= 15 is 0 Å². The van der Waals surface area contributed by atoms with Gasteiger partial charge in [0.15, 0.2) is 11.7 Å². The molecule has 268 valence electrons. The summed E-state index contributed by atoms with van der Waals surface area (Å²) in [6, 6.07) is 0.477. The average molecular weight is 717 g/mol. The first kappa shape index (κ1) is 37.6. The van der Waals surface area contributed by atoms with Gasteiger partial charge in [-0.2, -0.15) is 8.42 Å². The fourth-order valence-corrected chi connectivity index (χ4v) is 7.58. The number of nitrogens with one attached hydrogen (secondary N) is 3. The Bertz CT molecular complexity index is 1480. The maximum absolute atomic E-state index is 14.4. The molecule has 2 heterocycles. The van der Waals surface area contributed by atoms with Crippen molar-refractivity contribution >= 4 is 45.7 Å². The van der Waals surface area contributed by atoms with Crippen molar-refractivity contribution in [2.45, 2.75) is 108 Å². The topological polar surface area (TPSA) is 256 Å². The highest BCUT2D eigenvalue weighted by molar-refractivity contribution is 7.81. The molecule has 1 aromatic carbocycles. The number of carbonyl (C=O) groups excluding carboxylic acids is 3. The van der Waals surface area contributed by atoms with Crippen LogP contribution < -0.4 is 20.6 Å². The third-order valence-electron chi connectivity index (χ3n) is 9.63. The van der Waals surface area contributed by atoms with Crippen molar-refractivity contribution in [3.63, 3.8) is 0 Å². The number of benzene rings is 1. The van der Waals surface area contributed by atoms with Crippen molar-refractivity contribution in [2.75, 3.05) is 6.54 Å². The number of guanidine groups is 1. The lowest BCUT2D eigenvalue weighted by atomic mass is 9.83. The molecular formula is C30H45ClN6O10S. The minimum atomic E-state index is -4.82. The predicted octanol–water partition coefficient (Wildman–Crippen LogP) is -0.121. The molecule has 48 heavy (non-hydrogen) atoms. The quantitative estimate of drug-likeness (QED) is 0.0847. The summed E-state index contributed by atoms with van der Waals surface area (Å²) in [5.41, 5.74) is 5.94. The van der Waals surface area contributed by atoms with E-state index in [-0.39, 0.29) is 35.5 Å². The van der Waals surface area contributed by atoms with E-state index in [2.05, 4.69) is 14.8 Å². The third kappa shape index (κ3) is 8.87. The Morgan fingerprint density at radius 2 is 1.90 bits per heavy atom. The zero-order valence-corrected chi connectivity index (χ0v) is 28.4. The van der Waals surface area contributed by atoms with Gasteiger partial charge < -0.3 is 45.7 Å².